The van der Waals surface area contributed by atoms with Crippen molar-refractivity contribution in [3.8, 4) is 0 Å². The van der Waals surface area contributed by atoms with Crippen LogP contribution in [0.2, 0.25) is 0 Å². The summed E-state index contributed by atoms with van der Waals surface area (Å²) in [4.78, 5) is 11.7. The Morgan fingerprint density at radius 2 is 2.44 bits per heavy atom. The molecule has 0 N–H and O–H groups in total. The molecule has 1 fully saturated rings. The summed E-state index contributed by atoms with van der Waals surface area (Å²) < 4.78 is 19.6. The van der Waals surface area contributed by atoms with Crippen molar-refractivity contribution in [3.63, 3.8) is 0 Å². The number of nitrogens with zero attached hydrogens (tertiary/aromatic N) is 1. The highest BCUT2D eigenvalue weighted by Gasteiger charge is 2.04. The smallest absolute Gasteiger partial charge is 0.209 e. The van der Waals surface area contributed by atoms with E-state index in [0.29, 0.717) is 19.6 Å². The second kappa shape index (κ2) is 3.45. The van der Waals surface area contributed by atoms with Gasteiger partial charge in [0.1, 0.15) is 0 Å². The summed E-state index contributed by atoms with van der Waals surface area (Å²) in [6.07, 6.45) is -0.732. The normalized spacial score (nSPS) is 30.0. The molecule has 0 unspecified atom stereocenters. The Balaban J connectivity index is 2.53. The van der Waals surface area contributed by atoms with Crippen LogP contribution in [0.3, 0.4) is 0 Å². The lowest BCUT2D eigenvalue weighted by Gasteiger charge is -2.10. The number of carbonyl (C=O) groups excluding carboxylic acids is 1. The van der Waals surface area contributed by atoms with Gasteiger partial charge in [-0.1, -0.05) is 0 Å². The molecule has 3 nitrogen and oxygen atoms in total. The average molecular weight is 131 g/mol. The zero-order chi connectivity index (χ0) is 8.32. The van der Waals surface area contributed by atoms with Crippen LogP contribution in [0.1, 0.15) is 9.11 Å². The molecule has 0 aromatic heterocycles. The van der Waals surface area contributed by atoms with Gasteiger partial charge in [-0.15, -0.1) is 0 Å². The van der Waals surface area contributed by atoms with Gasteiger partial charge in [-0.25, -0.2) is 0 Å². The van der Waals surface area contributed by atoms with Crippen LogP contribution in [0.4, 0.5) is 0 Å². The Labute approximate surface area is 57.4 Å². The zero-order valence-electron chi connectivity index (χ0n) is 7.17. The first-order valence-corrected chi connectivity index (χ1v) is 2.91. The van der Waals surface area contributed by atoms with E-state index < -0.39 is 6.37 Å². The molecule has 0 aromatic rings. The van der Waals surface area contributed by atoms with Crippen molar-refractivity contribution in [1.29, 1.82) is 0 Å². The quantitative estimate of drug-likeness (QED) is 0.464. The lowest BCUT2D eigenvalue weighted by atomic mass is 10.4. The Bertz CT molecular complexity index is 152. The van der Waals surface area contributed by atoms with E-state index in [-0.39, 0.29) is 13.2 Å². The highest BCUT2D eigenvalue weighted by atomic mass is 16.5. The van der Waals surface area contributed by atoms with Gasteiger partial charge >= 0.3 is 0 Å². The fourth-order valence-corrected chi connectivity index (χ4v) is 0.684. The molecule has 9 heavy (non-hydrogen) atoms. The summed E-state index contributed by atoms with van der Waals surface area (Å²) in [5.74, 6) is 0. The summed E-state index contributed by atoms with van der Waals surface area (Å²) in [6.45, 7) is 1.13. The summed E-state index contributed by atoms with van der Waals surface area (Å²) in [5, 5.41) is 0. The van der Waals surface area contributed by atoms with Crippen LogP contribution in [0, 0.1) is 0 Å². The molecule has 52 valence electrons. The van der Waals surface area contributed by atoms with Crippen molar-refractivity contribution in [3.05, 3.63) is 0 Å². The molecule has 0 atom stereocenters. The monoisotopic (exact) mass is 131 g/mol. The minimum absolute atomic E-state index is 0.0807. The number of rotatable bonds is 1. The molecular formula is C6H11NO2. The van der Waals surface area contributed by atoms with E-state index in [0.717, 1.165) is 0 Å². The Morgan fingerprint density at radius 3 is 3.22 bits per heavy atom. The minimum Gasteiger partial charge on any atom is -0.380 e. The second-order valence-corrected chi connectivity index (χ2v) is 1.88. The first kappa shape index (κ1) is 4.28. The van der Waals surface area contributed by atoms with Crippen molar-refractivity contribution in [2.45, 2.75) is 6.37 Å². The number of hydrogen-bond donors (Lipinski definition) is 0. The maximum atomic E-state index is 10.3. The zero-order valence-corrected chi connectivity index (χ0v) is 5.17. The van der Waals surface area contributed by atoms with Gasteiger partial charge < -0.3 is 9.64 Å². The highest BCUT2D eigenvalue weighted by Crippen LogP contribution is 1.94. The molecule has 0 aromatic carbocycles. The first-order valence-electron chi connectivity index (χ1n) is 3.91. The van der Waals surface area contributed by atoms with Crippen molar-refractivity contribution >= 4 is 6.41 Å². The summed E-state index contributed by atoms with van der Waals surface area (Å²) in [6, 6.07) is 0. The number of amides is 1. The Hall–Kier alpha value is -0.570. The van der Waals surface area contributed by atoms with Gasteiger partial charge in [-0.05, 0) is 6.37 Å². The van der Waals surface area contributed by atoms with Crippen molar-refractivity contribution in [1.82, 2.24) is 4.90 Å². The highest BCUT2D eigenvalue weighted by molar-refractivity contribution is 5.46. The maximum absolute atomic E-state index is 10.3. The van der Waals surface area contributed by atoms with Crippen LogP contribution >= 0.6 is 0 Å². The third-order valence-corrected chi connectivity index (χ3v) is 1.19. The minimum atomic E-state index is -1.39. The molecule has 1 aliphatic rings. The largest absolute Gasteiger partial charge is 0.380 e. The van der Waals surface area contributed by atoms with Crippen LogP contribution in [-0.2, 0) is 9.53 Å². The molecule has 0 radical (unpaired) electrons. The van der Waals surface area contributed by atoms with E-state index in [1.165, 1.54) is 4.90 Å². The molecule has 0 aliphatic carbocycles. The van der Waals surface area contributed by atoms with Gasteiger partial charge in [0.2, 0.25) is 6.41 Å². The van der Waals surface area contributed by atoms with E-state index in [1.807, 2.05) is 0 Å². The van der Waals surface area contributed by atoms with Crippen LogP contribution in [-0.4, -0.2) is 37.6 Å². The van der Waals surface area contributed by atoms with Crippen LogP contribution in [0.15, 0.2) is 0 Å². The standard InChI is InChI=1S/C6H11NO2/c8-6-7-2-1-4-9-5-3-7/h6H,1-5H2/i1D2. The van der Waals surface area contributed by atoms with Gasteiger partial charge in [-0.2, -0.15) is 0 Å². The topological polar surface area (TPSA) is 29.5 Å². The lowest BCUT2D eigenvalue weighted by Crippen LogP contribution is -2.24. The van der Waals surface area contributed by atoms with Crippen molar-refractivity contribution < 1.29 is 12.3 Å². The van der Waals surface area contributed by atoms with E-state index in [1.54, 1.807) is 0 Å². The fraction of sp³-hybridized carbons (Fsp3) is 0.833. The van der Waals surface area contributed by atoms with Gasteiger partial charge in [-0.3, -0.25) is 4.79 Å². The molecule has 3 heteroatoms. The molecule has 1 saturated heterocycles. The third kappa shape index (κ3) is 2.01. The van der Waals surface area contributed by atoms with Crippen LogP contribution < -0.4 is 0 Å². The lowest BCUT2D eigenvalue weighted by molar-refractivity contribution is -0.118. The molecule has 1 rings (SSSR count). The molecule has 1 aliphatic heterocycles. The van der Waals surface area contributed by atoms with E-state index in [9.17, 15) is 4.79 Å². The van der Waals surface area contributed by atoms with E-state index in [2.05, 4.69) is 0 Å². The first-order chi connectivity index (χ1) is 5.14. The maximum Gasteiger partial charge on any atom is 0.209 e. The number of hydrogen-bond acceptors (Lipinski definition) is 2. The van der Waals surface area contributed by atoms with Gasteiger partial charge in [0, 0.05) is 22.4 Å². The summed E-state index contributed by atoms with van der Waals surface area (Å²) in [5.41, 5.74) is 0. The van der Waals surface area contributed by atoms with Crippen molar-refractivity contribution in [2.24, 2.45) is 0 Å². The SMILES string of the molecule is [2H]C1([2H])COCCN(C=O)C1. The molecule has 0 saturated carbocycles. The van der Waals surface area contributed by atoms with Gasteiger partial charge in [0.05, 0.1) is 6.61 Å². The molecule has 1 heterocycles. The van der Waals surface area contributed by atoms with Gasteiger partial charge in [0.25, 0.3) is 0 Å². The number of ether oxygens (including phenoxy) is 1. The Morgan fingerprint density at radius 1 is 1.56 bits per heavy atom. The average Bonchev–Trinajstić information content (AvgIpc) is 2.10. The third-order valence-electron chi connectivity index (χ3n) is 1.19. The Kier molecular flexibility index (Phi) is 1.64. The molecule has 0 bridgehead atoms. The van der Waals surface area contributed by atoms with E-state index in [4.69, 9.17) is 7.48 Å². The fourth-order valence-electron chi connectivity index (χ4n) is 0.684. The molecule has 1 amide bonds. The summed E-state index contributed by atoms with van der Waals surface area (Å²) >= 11 is 0. The molecular weight excluding hydrogens is 118 g/mol. The second-order valence-electron chi connectivity index (χ2n) is 1.88. The van der Waals surface area contributed by atoms with Crippen LogP contribution in [0.25, 0.3) is 0 Å². The predicted octanol–water partition coefficient (Wildman–Crippen LogP) is -0.135. The number of carbonyl (C=O) groups is 1. The van der Waals surface area contributed by atoms with Crippen molar-refractivity contribution in [2.75, 3.05) is 26.3 Å². The summed E-state index contributed by atoms with van der Waals surface area (Å²) in [7, 11) is 0. The van der Waals surface area contributed by atoms with E-state index >= 15 is 0 Å². The molecule has 0 spiro atoms. The van der Waals surface area contributed by atoms with Crippen LogP contribution in [0.5, 0.6) is 0 Å². The predicted molar refractivity (Wildman–Crippen MR) is 33.1 cm³/mol. The van der Waals surface area contributed by atoms with Gasteiger partial charge in [0.15, 0.2) is 0 Å².